The quantitative estimate of drug-likeness (QED) is 0.180. The number of benzene rings is 2. The number of hydrogen-bond donors (Lipinski definition) is 0. The molecule has 0 aliphatic heterocycles. The van der Waals surface area contributed by atoms with Crippen LogP contribution in [0.5, 0.6) is 17.2 Å². The molecular weight excluding hydrogens is 469 g/mol. The molecule has 0 spiro atoms. The molecule has 2 rings (SSSR count). The van der Waals surface area contributed by atoms with Gasteiger partial charge in [-0.05, 0) is 96.8 Å². The van der Waals surface area contributed by atoms with Gasteiger partial charge < -0.3 is 14.3 Å². The van der Waals surface area contributed by atoms with Crippen molar-refractivity contribution in [1.82, 2.24) is 0 Å². The summed E-state index contributed by atoms with van der Waals surface area (Å²) in [6.07, 6.45) is 0.799. The van der Waals surface area contributed by atoms with Crippen molar-refractivity contribution < 1.29 is 19.1 Å². The molecule has 0 amide bonds. The highest BCUT2D eigenvalue weighted by Gasteiger charge is 2.17. The van der Waals surface area contributed by atoms with E-state index in [2.05, 4.69) is 41.6 Å². The summed E-state index contributed by atoms with van der Waals surface area (Å²) in [6, 6.07) is 14.9. The van der Waals surface area contributed by atoms with Crippen molar-refractivity contribution in [1.29, 1.82) is 0 Å². The zero-order valence-electron chi connectivity index (χ0n) is 16.6. The zero-order valence-corrected chi connectivity index (χ0v) is 18.8. The predicted molar refractivity (Wildman–Crippen MR) is 119 cm³/mol. The van der Waals surface area contributed by atoms with Gasteiger partial charge in [-0.25, -0.2) is 4.79 Å². The Balaban J connectivity index is 1.89. The van der Waals surface area contributed by atoms with Crippen molar-refractivity contribution in [3.63, 3.8) is 0 Å². The fourth-order valence-corrected chi connectivity index (χ4v) is 2.74. The van der Waals surface area contributed by atoms with Crippen LogP contribution in [0.15, 0.2) is 53.7 Å². The molecule has 0 radical (unpaired) electrons. The van der Waals surface area contributed by atoms with E-state index >= 15 is 0 Å². The van der Waals surface area contributed by atoms with Gasteiger partial charge in [0.25, 0.3) is 0 Å². The van der Waals surface area contributed by atoms with Gasteiger partial charge in [-0.3, -0.25) is 0 Å². The average Bonchev–Trinajstić information content (AvgIpc) is 2.67. The maximum absolute atomic E-state index is 12.1. The highest BCUT2D eigenvalue weighted by Crippen LogP contribution is 2.25. The van der Waals surface area contributed by atoms with E-state index in [9.17, 15) is 4.79 Å². The summed E-state index contributed by atoms with van der Waals surface area (Å²) in [5, 5.41) is 3.98. The standard InChI is InChI=1S/C22H26INO4/c1-5-18(14-15(2)3)24-28-22(25)16(4)26-19-10-12-21(13-11-19)27-20-8-6-17(23)7-9-20/h6-13,15-16H,5,14H2,1-4H3/b24-18+. The number of rotatable bonds is 9. The van der Waals surface area contributed by atoms with E-state index in [1.165, 1.54) is 0 Å². The van der Waals surface area contributed by atoms with Gasteiger partial charge in [0.1, 0.15) is 17.2 Å². The third-order valence-electron chi connectivity index (χ3n) is 3.83. The van der Waals surface area contributed by atoms with Gasteiger partial charge >= 0.3 is 5.97 Å². The molecule has 0 aliphatic carbocycles. The summed E-state index contributed by atoms with van der Waals surface area (Å²) >= 11 is 2.25. The molecule has 1 atom stereocenters. The molecule has 0 aliphatic rings. The van der Waals surface area contributed by atoms with Crippen LogP contribution in [0.1, 0.15) is 40.5 Å². The summed E-state index contributed by atoms with van der Waals surface area (Å²) in [4.78, 5) is 17.2. The summed E-state index contributed by atoms with van der Waals surface area (Å²) in [6.45, 7) is 7.84. The number of hydrogen-bond acceptors (Lipinski definition) is 5. The Morgan fingerprint density at radius 2 is 1.50 bits per heavy atom. The number of ether oxygens (including phenoxy) is 2. The number of oxime groups is 1. The Hall–Kier alpha value is -2.09. The van der Waals surface area contributed by atoms with E-state index in [-0.39, 0.29) is 0 Å². The molecule has 28 heavy (non-hydrogen) atoms. The Kier molecular flexibility index (Phi) is 8.76. The third-order valence-corrected chi connectivity index (χ3v) is 4.55. The average molecular weight is 495 g/mol. The first-order valence-electron chi connectivity index (χ1n) is 9.34. The maximum atomic E-state index is 12.1. The minimum Gasteiger partial charge on any atom is -0.479 e. The second kappa shape index (κ2) is 11.0. The molecule has 0 saturated carbocycles. The summed E-state index contributed by atoms with van der Waals surface area (Å²) in [5.74, 6) is 1.95. The van der Waals surface area contributed by atoms with Crippen LogP contribution in [0.2, 0.25) is 0 Å². The molecule has 0 N–H and O–H groups in total. The van der Waals surface area contributed by atoms with Crippen LogP contribution in [0.3, 0.4) is 0 Å². The van der Waals surface area contributed by atoms with Crippen LogP contribution in [0.25, 0.3) is 0 Å². The molecule has 0 aromatic heterocycles. The lowest BCUT2D eigenvalue weighted by atomic mass is 10.1. The molecule has 0 bridgehead atoms. The number of nitrogens with zero attached hydrogens (tertiary/aromatic N) is 1. The topological polar surface area (TPSA) is 57.1 Å². The van der Waals surface area contributed by atoms with E-state index in [1.807, 2.05) is 31.2 Å². The van der Waals surface area contributed by atoms with Crippen LogP contribution in [-0.2, 0) is 9.63 Å². The van der Waals surface area contributed by atoms with Crippen molar-refractivity contribution in [3.05, 3.63) is 52.1 Å². The van der Waals surface area contributed by atoms with Gasteiger partial charge in [-0.1, -0.05) is 25.9 Å². The first-order chi connectivity index (χ1) is 13.4. The summed E-state index contributed by atoms with van der Waals surface area (Å²) in [5.41, 5.74) is 0.868. The van der Waals surface area contributed by atoms with Crippen LogP contribution in [0, 0.1) is 9.49 Å². The fourth-order valence-electron chi connectivity index (χ4n) is 2.38. The first kappa shape index (κ1) is 22.2. The lowest BCUT2D eigenvalue weighted by molar-refractivity contribution is -0.151. The second-order valence-corrected chi connectivity index (χ2v) is 8.05. The predicted octanol–water partition coefficient (Wildman–Crippen LogP) is 6.21. The highest BCUT2D eigenvalue weighted by atomic mass is 127. The first-order valence-corrected chi connectivity index (χ1v) is 10.4. The van der Waals surface area contributed by atoms with Crippen molar-refractivity contribution in [2.75, 3.05) is 0 Å². The van der Waals surface area contributed by atoms with Crippen LogP contribution < -0.4 is 9.47 Å². The third kappa shape index (κ3) is 7.50. The van der Waals surface area contributed by atoms with Crippen molar-refractivity contribution >= 4 is 34.3 Å². The Morgan fingerprint density at radius 3 is 2.04 bits per heavy atom. The fraction of sp³-hybridized carbons (Fsp3) is 0.364. The van der Waals surface area contributed by atoms with Gasteiger partial charge in [0.15, 0.2) is 6.10 Å². The normalized spacial score (nSPS) is 12.6. The van der Waals surface area contributed by atoms with E-state index in [0.717, 1.165) is 27.9 Å². The lowest BCUT2D eigenvalue weighted by Gasteiger charge is -2.13. The Bertz CT molecular complexity index is 785. The van der Waals surface area contributed by atoms with Gasteiger partial charge in [-0.2, -0.15) is 0 Å². The lowest BCUT2D eigenvalue weighted by Crippen LogP contribution is -2.25. The Morgan fingerprint density at radius 1 is 0.964 bits per heavy atom. The summed E-state index contributed by atoms with van der Waals surface area (Å²) < 4.78 is 12.6. The number of carbonyl (C=O) groups excluding carboxylic acids is 1. The monoisotopic (exact) mass is 495 g/mol. The molecule has 0 fully saturated rings. The van der Waals surface area contributed by atoms with Crippen LogP contribution >= 0.6 is 22.6 Å². The Labute approximate surface area is 180 Å². The SMILES string of the molecule is CC/C(CC(C)C)=N\OC(=O)C(C)Oc1ccc(Oc2ccc(I)cc2)cc1. The molecule has 6 heteroatoms. The summed E-state index contributed by atoms with van der Waals surface area (Å²) in [7, 11) is 0. The smallest absolute Gasteiger partial charge is 0.374 e. The van der Waals surface area contributed by atoms with Crippen molar-refractivity contribution in [3.8, 4) is 17.2 Å². The van der Waals surface area contributed by atoms with E-state index in [1.54, 1.807) is 31.2 Å². The van der Waals surface area contributed by atoms with Gasteiger partial charge in [-0.15, -0.1) is 0 Å². The molecule has 150 valence electrons. The molecule has 5 nitrogen and oxygen atoms in total. The zero-order chi connectivity index (χ0) is 20.5. The van der Waals surface area contributed by atoms with E-state index in [4.69, 9.17) is 14.3 Å². The van der Waals surface area contributed by atoms with Crippen LogP contribution in [-0.4, -0.2) is 17.8 Å². The van der Waals surface area contributed by atoms with Gasteiger partial charge in [0, 0.05) is 3.57 Å². The van der Waals surface area contributed by atoms with Gasteiger partial charge in [0.05, 0.1) is 5.71 Å². The minimum atomic E-state index is -0.760. The van der Waals surface area contributed by atoms with E-state index < -0.39 is 12.1 Å². The molecule has 2 aromatic rings. The molecule has 1 unspecified atom stereocenters. The maximum Gasteiger partial charge on any atom is 0.374 e. The number of carbonyl (C=O) groups is 1. The van der Waals surface area contributed by atoms with Crippen molar-refractivity contribution in [2.24, 2.45) is 11.1 Å². The minimum absolute atomic E-state index is 0.464. The second-order valence-electron chi connectivity index (χ2n) is 6.81. The van der Waals surface area contributed by atoms with Crippen molar-refractivity contribution in [2.45, 2.75) is 46.6 Å². The number of halogens is 1. The van der Waals surface area contributed by atoms with E-state index in [0.29, 0.717) is 17.4 Å². The molecule has 0 saturated heterocycles. The largest absolute Gasteiger partial charge is 0.479 e. The highest BCUT2D eigenvalue weighted by molar-refractivity contribution is 14.1. The molecule has 0 heterocycles. The molecular formula is C22H26INO4. The molecule has 2 aromatic carbocycles. The van der Waals surface area contributed by atoms with Crippen LogP contribution in [0.4, 0.5) is 0 Å². The van der Waals surface area contributed by atoms with Gasteiger partial charge in [0.2, 0.25) is 0 Å².